The summed E-state index contributed by atoms with van der Waals surface area (Å²) in [6.45, 7) is 6.02. The Morgan fingerprint density at radius 3 is 2.81 bits per heavy atom. The lowest BCUT2D eigenvalue weighted by Gasteiger charge is -2.21. The predicted molar refractivity (Wildman–Crippen MR) is 141 cm³/mol. The number of nitrogens with one attached hydrogen (secondary N) is 2. The highest BCUT2D eigenvalue weighted by Gasteiger charge is 2.25. The van der Waals surface area contributed by atoms with E-state index in [2.05, 4.69) is 71.4 Å². The number of nitrogens with zero attached hydrogens (tertiary/aromatic N) is 6. The topological polar surface area (TPSA) is 86.7 Å². The number of benzene rings is 2. The number of aromatic nitrogens is 4. The zero-order chi connectivity index (χ0) is 24.5. The average molecular weight is 479 g/mol. The summed E-state index contributed by atoms with van der Waals surface area (Å²) >= 11 is 0. The van der Waals surface area contributed by atoms with Crippen molar-refractivity contribution in [3.63, 3.8) is 0 Å². The van der Waals surface area contributed by atoms with Crippen molar-refractivity contribution in [2.75, 3.05) is 44.7 Å². The molecule has 1 fully saturated rings. The van der Waals surface area contributed by atoms with Crippen LogP contribution in [0.1, 0.15) is 17.5 Å². The Labute approximate surface area is 211 Å². The van der Waals surface area contributed by atoms with Gasteiger partial charge in [-0.2, -0.15) is 5.26 Å². The van der Waals surface area contributed by atoms with Crippen LogP contribution in [0.2, 0.25) is 0 Å². The molecule has 2 aliphatic heterocycles. The molecule has 0 spiro atoms. The summed E-state index contributed by atoms with van der Waals surface area (Å²) in [4.78, 5) is 2.52. The molecule has 0 aliphatic carbocycles. The first-order valence-electron chi connectivity index (χ1n) is 12.6. The number of nitriles is 1. The van der Waals surface area contributed by atoms with Crippen molar-refractivity contribution >= 4 is 5.69 Å². The van der Waals surface area contributed by atoms with Gasteiger partial charge < -0.3 is 20.1 Å². The highest BCUT2D eigenvalue weighted by Crippen LogP contribution is 2.35. The maximum atomic E-state index is 9.13. The van der Waals surface area contributed by atoms with Crippen molar-refractivity contribution in [3.05, 3.63) is 72.2 Å². The molecule has 182 valence electrons. The monoisotopic (exact) mass is 478 g/mol. The van der Waals surface area contributed by atoms with Crippen molar-refractivity contribution in [1.29, 1.82) is 5.26 Å². The number of hydrogen-bond acceptors (Lipinski definition) is 6. The molecule has 1 saturated heterocycles. The molecule has 8 nitrogen and oxygen atoms in total. The Morgan fingerprint density at radius 1 is 1.08 bits per heavy atom. The molecule has 2 aromatic carbocycles. The van der Waals surface area contributed by atoms with Crippen LogP contribution in [0.15, 0.2) is 61.1 Å². The minimum atomic E-state index is 0.665. The van der Waals surface area contributed by atoms with Crippen LogP contribution in [-0.2, 0) is 6.54 Å². The Hall–Kier alpha value is -3.93. The maximum Gasteiger partial charge on any atom is 0.185 e. The normalized spacial score (nSPS) is 16.2. The van der Waals surface area contributed by atoms with E-state index >= 15 is 0 Å². The van der Waals surface area contributed by atoms with E-state index in [9.17, 15) is 0 Å². The molecule has 1 unspecified atom stereocenters. The van der Waals surface area contributed by atoms with Gasteiger partial charge >= 0.3 is 0 Å². The zero-order valence-electron chi connectivity index (χ0n) is 20.5. The molecule has 6 rings (SSSR count). The smallest absolute Gasteiger partial charge is 0.185 e. The van der Waals surface area contributed by atoms with E-state index in [4.69, 9.17) is 5.26 Å². The van der Waals surface area contributed by atoms with Gasteiger partial charge in [-0.1, -0.05) is 12.1 Å². The first-order valence-corrected chi connectivity index (χ1v) is 12.6. The number of rotatable bonds is 7. The fourth-order valence-electron chi connectivity index (χ4n) is 5.38. The minimum Gasteiger partial charge on any atom is -0.371 e. The second-order valence-corrected chi connectivity index (χ2v) is 9.68. The lowest BCUT2D eigenvalue weighted by atomic mass is 10.1. The van der Waals surface area contributed by atoms with E-state index in [1.165, 1.54) is 17.7 Å². The second kappa shape index (κ2) is 9.61. The van der Waals surface area contributed by atoms with Crippen LogP contribution >= 0.6 is 0 Å². The fourth-order valence-corrected chi connectivity index (χ4v) is 5.38. The van der Waals surface area contributed by atoms with Crippen molar-refractivity contribution in [1.82, 2.24) is 30.0 Å². The van der Waals surface area contributed by atoms with E-state index in [0.717, 1.165) is 67.6 Å². The van der Waals surface area contributed by atoms with Crippen LogP contribution in [0.3, 0.4) is 0 Å². The van der Waals surface area contributed by atoms with Crippen LogP contribution in [-0.4, -0.2) is 59.1 Å². The van der Waals surface area contributed by atoms with Gasteiger partial charge in [0.1, 0.15) is 6.33 Å². The van der Waals surface area contributed by atoms with Gasteiger partial charge in [0.2, 0.25) is 0 Å². The predicted octanol–water partition coefficient (Wildman–Crippen LogP) is 3.27. The second-order valence-electron chi connectivity index (χ2n) is 9.68. The SMILES string of the molecule is CNCCNCC1CCN(c2ccc3c(c2)Cn2cc(-c4ccc(C#N)cc4)cc2-c2nncn2-3)C1. The van der Waals surface area contributed by atoms with Crippen LogP contribution in [0, 0.1) is 17.2 Å². The molecule has 36 heavy (non-hydrogen) atoms. The van der Waals surface area contributed by atoms with Crippen LogP contribution in [0.5, 0.6) is 0 Å². The Morgan fingerprint density at radius 2 is 1.97 bits per heavy atom. The van der Waals surface area contributed by atoms with Gasteiger partial charge in [0.25, 0.3) is 0 Å². The summed E-state index contributed by atoms with van der Waals surface area (Å²) in [5.74, 6) is 1.52. The summed E-state index contributed by atoms with van der Waals surface area (Å²) in [5, 5.41) is 24.6. The lowest BCUT2D eigenvalue weighted by molar-refractivity contribution is 0.514. The van der Waals surface area contributed by atoms with Crippen molar-refractivity contribution < 1.29 is 0 Å². The van der Waals surface area contributed by atoms with Gasteiger partial charge in [-0.3, -0.25) is 4.57 Å². The molecular weight excluding hydrogens is 448 g/mol. The standard InChI is InChI=1S/C28H30N8/c1-30-9-10-31-15-21-8-11-34(16-21)25-6-7-26-24(12-25)18-35-17-23(22-4-2-20(14-29)3-5-22)13-27(35)28-33-32-19-36(26)28/h2-7,12-13,17,19,21,30-31H,8-11,15-16,18H2,1H3. The quantitative estimate of drug-likeness (QED) is 0.349. The van der Waals surface area contributed by atoms with E-state index in [-0.39, 0.29) is 0 Å². The Bertz CT molecular complexity index is 1410. The van der Waals surface area contributed by atoms with E-state index in [1.807, 2.05) is 31.3 Å². The van der Waals surface area contributed by atoms with Crippen molar-refractivity contribution in [2.45, 2.75) is 13.0 Å². The number of hydrogen-bond donors (Lipinski definition) is 2. The fraction of sp³-hybridized carbons (Fsp3) is 0.321. The summed E-state index contributed by atoms with van der Waals surface area (Å²) in [7, 11) is 1.99. The van der Waals surface area contributed by atoms with Crippen LogP contribution < -0.4 is 15.5 Å². The molecule has 0 bridgehead atoms. The number of likely N-dealkylation sites (N-methyl/N-ethyl adjacent to an activating group) is 1. The largest absolute Gasteiger partial charge is 0.371 e. The third-order valence-electron chi connectivity index (χ3n) is 7.32. The lowest BCUT2D eigenvalue weighted by Crippen LogP contribution is -2.30. The van der Waals surface area contributed by atoms with Gasteiger partial charge in [0.15, 0.2) is 5.82 Å². The summed E-state index contributed by atoms with van der Waals surface area (Å²) in [5.41, 5.74) is 7.57. The van der Waals surface area contributed by atoms with Crippen molar-refractivity contribution in [2.24, 2.45) is 5.92 Å². The van der Waals surface area contributed by atoms with Gasteiger partial charge in [-0.15, -0.1) is 10.2 Å². The third kappa shape index (κ3) is 4.17. The molecule has 1 atom stereocenters. The molecule has 0 radical (unpaired) electrons. The van der Waals surface area contributed by atoms with Gasteiger partial charge in [-0.05, 0) is 73.5 Å². The zero-order valence-corrected chi connectivity index (χ0v) is 20.5. The Kier molecular flexibility index (Phi) is 6.01. The number of anilines is 1. The molecule has 2 N–H and O–H groups in total. The van der Waals surface area contributed by atoms with Gasteiger partial charge in [0, 0.05) is 50.2 Å². The Balaban J connectivity index is 1.28. The summed E-state index contributed by atoms with van der Waals surface area (Å²) in [6.07, 6.45) is 5.20. The van der Waals surface area contributed by atoms with E-state index in [1.54, 1.807) is 6.33 Å². The molecule has 2 aromatic heterocycles. The minimum absolute atomic E-state index is 0.665. The highest BCUT2D eigenvalue weighted by molar-refractivity contribution is 5.72. The first-order chi connectivity index (χ1) is 17.7. The first kappa shape index (κ1) is 22.5. The van der Waals surface area contributed by atoms with Crippen molar-refractivity contribution in [3.8, 4) is 34.4 Å². The highest BCUT2D eigenvalue weighted by atomic mass is 15.3. The third-order valence-corrected chi connectivity index (χ3v) is 7.32. The molecular formula is C28H30N8. The molecule has 8 heteroatoms. The molecule has 4 aromatic rings. The number of fused-ring (bicyclic) bond motifs is 5. The van der Waals surface area contributed by atoms with Crippen LogP contribution in [0.4, 0.5) is 5.69 Å². The molecule has 2 aliphatic rings. The average Bonchev–Trinajstić information content (AvgIpc) is 3.66. The van der Waals surface area contributed by atoms with E-state index in [0.29, 0.717) is 11.5 Å². The summed E-state index contributed by atoms with van der Waals surface area (Å²) < 4.78 is 4.36. The van der Waals surface area contributed by atoms with E-state index < -0.39 is 0 Å². The summed E-state index contributed by atoms with van der Waals surface area (Å²) in [6, 6.07) is 18.9. The van der Waals surface area contributed by atoms with Gasteiger partial charge in [0.05, 0.1) is 23.0 Å². The maximum absolute atomic E-state index is 9.13. The molecule has 4 heterocycles. The van der Waals surface area contributed by atoms with Gasteiger partial charge in [-0.25, -0.2) is 0 Å². The molecule has 0 amide bonds. The van der Waals surface area contributed by atoms with Crippen LogP contribution in [0.25, 0.3) is 28.3 Å². The molecule has 0 saturated carbocycles.